The van der Waals surface area contributed by atoms with Crippen LogP contribution in [0.2, 0.25) is 0 Å². The van der Waals surface area contributed by atoms with E-state index in [1.165, 1.54) is 0 Å². The van der Waals surface area contributed by atoms with Crippen molar-refractivity contribution in [1.82, 2.24) is 20.6 Å². The van der Waals surface area contributed by atoms with E-state index in [1.807, 2.05) is 30.3 Å². The minimum absolute atomic E-state index is 0.0632. The summed E-state index contributed by atoms with van der Waals surface area (Å²) >= 11 is 3.53. The third-order valence-corrected chi connectivity index (χ3v) is 6.82. The molecule has 0 fully saturated rings. The molecule has 2 aromatic heterocycles. The molecule has 2 atom stereocenters. The van der Waals surface area contributed by atoms with Gasteiger partial charge in [-0.1, -0.05) is 34.2 Å². The van der Waals surface area contributed by atoms with Gasteiger partial charge in [0.2, 0.25) is 0 Å². The molecule has 5 rings (SSSR count). The largest absolute Gasteiger partial charge is 0.457 e. The van der Waals surface area contributed by atoms with Crippen molar-refractivity contribution < 1.29 is 9.53 Å². The number of fused-ring (bicyclic) bond motifs is 1. The molecule has 0 bridgehead atoms. The lowest BCUT2D eigenvalue weighted by Crippen LogP contribution is -2.55. The Bertz CT molecular complexity index is 1330. The van der Waals surface area contributed by atoms with Gasteiger partial charge in [0, 0.05) is 54.3 Å². The van der Waals surface area contributed by atoms with Crippen LogP contribution in [0.1, 0.15) is 29.4 Å². The summed E-state index contributed by atoms with van der Waals surface area (Å²) < 4.78 is 7.18. The van der Waals surface area contributed by atoms with Crippen LogP contribution in [0.4, 0.5) is 11.4 Å². The molecular weight excluding hydrogens is 520 g/mol. The number of nitrogens with one attached hydrogen (secondary N) is 3. The minimum atomic E-state index is -0.268. The number of hydrogen-bond acceptors (Lipinski definition) is 7. The van der Waals surface area contributed by atoms with Gasteiger partial charge in [0.1, 0.15) is 17.2 Å². The highest BCUT2D eigenvalue weighted by Gasteiger charge is 2.32. The maximum atomic E-state index is 12.6. The summed E-state index contributed by atoms with van der Waals surface area (Å²) in [5.74, 6) is 0.938. The topological polar surface area (TPSA) is 91.4 Å². The zero-order chi connectivity index (χ0) is 25.1. The lowest BCUT2D eigenvalue weighted by atomic mass is 9.93. The van der Waals surface area contributed by atoms with Crippen molar-refractivity contribution >= 4 is 33.2 Å². The van der Waals surface area contributed by atoms with Crippen molar-refractivity contribution in [1.29, 1.82) is 0 Å². The molecule has 1 aliphatic heterocycles. The number of anilines is 2. The molecule has 1 aromatic carbocycles. The van der Waals surface area contributed by atoms with E-state index in [-0.39, 0.29) is 17.7 Å². The van der Waals surface area contributed by atoms with Gasteiger partial charge in [-0.05, 0) is 49.2 Å². The Morgan fingerprint density at radius 3 is 2.78 bits per heavy atom. The van der Waals surface area contributed by atoms with Gasteiger partial charge in [-0.15, -0.1) is 0 Å². The number of ether oxygens (including phenoxy) is 1. The molecule has 3 heterocycles. The van der Waals surface area contributed by atoms with Crippen LogP contribution in [0.25, 0.3) is 0 Å². The molecule has 9 heteroatoms. The normalized spacial score (nSPS) is 20.4. The molecule has 0 spiro atoms. The molecule has 0 saturated heterocycles. The van der Waals surface area contributed by atoms with Crippen LogP contribution in [0.15, 0.2) is 83.8 Å². The zero-order valence-electron chi connectivity index (χ0n) is 20.0. The van der Waals surface area contributed by atoms with Crippen molar-refractivity contribution in [2.24, 2.45) is 0 Å². The van der Waals surface area contributed by atoms with Crippen molar-refractivity contribution in [3.63, 3.8) is 0 Å². The quantitative estimate of drug-likeness (QED) is 0.387. The van der Waals surface area contributed by atoms with E-state index in [0.717, 1.165) is 27.8 Å². The van der Waals surface area contributed by atoms with Crippen LogP contribution in [0, 0.1) is 0 Å². The second kappa shape index (κ2) is 10.1. The number of carbonyl (C=O) groups is 1. The van der Waals surface area contributed by atoms with Crippen LogP contribution in [0.5, 0.6) is 11.5 Å². The molecule has 184 valence electrons. The van der Waals surface area contributed by atoms with Gasteiger partial charge in [-0.3, -0.25) is 20.1 Å². The first-order valence-electron chi connectivity index (χ1n) is 11.7. The van der Waals surface area contributed by atoms with Gasteiger partial charge in [0.15, 0.2) is 6.29 Å². The summed E-state index contributed by atoms with van der Waals surface area (Å²) in [6.45, 7) is 2.58. The van der Waals surface area contributed by atoms with Crippen LogP contribution in [-0.2, 0) is 6.54 Å². The van der Waals surface area contributed by atoms with E-state index >= 15 is 0 Å². The third-order valence-electron chi connectivity index (χ3n) is 6.23. The van der Waals surface area contributed by atoms with Crippen LogP contribution >= 0.6 is 15.9 Å². The van der Waals surface area contributed by atoms with Crippen LogP contribution in [-0.4, -0.2) is 34.8 Å². The average Bonchev–Trinajstić information content (AvgIpc) is 3.19. The Morgan fingerprint density at radius 1 is 1.19 bits per heavy atom. The number of nitrogens with zero attached hydrogens (tertiary/aromatic N) is 3. The highest BCUT2D eigenvalue weighted by molar-refractivity contribution is 9.11. The fraction of sp³-hybridized carbons (Fsp3) is 0.222. The minimum Gasteiger partial charge on any atom is -0.457 e. The lowest BCUT2D eigenvalue weighted by Gasteiger charge is -2.35. The number of benzene rings is 1. The predicted octanol–water partition coefficient (Wildman–Crippen LogP) is 4.93. The second-order valence-corrected chi connectivity index (χ2v) is 9.96. The number of rotatable bonds is 7. The highest BCUT2D eigenvalue weighted by atomic mass is 79.9. The molecule has 2 unspecified atom stereocenters. The molecule has 0 radical (unpaired) electrons. The third kappa shape index (κ3) is 5.42. The fourth-order valence-electron chi connectivity index (χ4n) is 4.15. The van der Waals surface area contributed by atoms with Crippen molar-refractivity contribution in [3.05, 3.63) is 95.0 Å². The summed E-state index contributed by atoms with van der Waals surface area (Å²) in [6.07, 6.45) is 12.2. The van der Waals surface area contributed by atoms with E-state index in [1.54, 1.807) is 30.7 Å². The Morgan fingerprint density at radius 2 is 2.00 bits per heavy atom. The zero-order valence-corrected chi connectivity index (χ0v) is 21.6. The van der Waals surface area contributed by atoms with Gasteiger partial charge < -0.3 is 20.3 Å². The summed E-state index contributed by atoms with van der Waals surface area (Å²) in [7, 11) is 2.05. The molecule has 0 saturated carbocycles. The number of pyridine rings is 2. The van der Waals surface area contributed by atoms with Crippen LogP contribution in [0.3, 0.4) is 0 Å². The first kappa shape index (κ1) is 24.0. The number of aromatic nitrogens is 2. The lowest BCUT2D eigenvalue weighted by molar-refractivity contribution is 0.0945. The maximum Gasteiger partial charge on any atom is 0.270 e. The molecular formula is C27H27BrN6O2. The number of hydrogen-bond donors (Lipinski definition) is 3. The number of allylic oxidation sites excluding steroid dienone is 2. The molecule has 1 amide bonds. The van der Waals surface area contributed by atoms with Gasteiger partial charge in [-0.2, -0.15) is 0 Å². The molecule has 3 N–H and O–H groups in total. The van der Waals surface area contributed by atoms with Crippen molar-refractivity contribution in [2.75, 3.05) is 17.3 Å². The number of carbonyl (C=O) groups excluding carboxylic acids is 1. The Balaban J connectivity index is 1.23. The summed E-state index contributed by atoms with van der Waals surface area (Å²) in [5.41, 5.74) is 3.14. The first-order valence-corrected chi connectivity index (χ1v) is 12.4. The Hall–Kier alpha value is -3.69. The average molecular weight is 547 g/mol. The van der Waals surface area contributed by atoms with Gasteiger partial charge in [-0.25, -0.2) is 0 Å². The molecule has 1 aliphatic carbocycles. The van der Waals surface area contributed by atoms with Crippen molar-refractivity contribution in [2.45, 2.75) is 31.7 Å². The van der Waals surface area contributed by atoms with E-state index < -0.39 is 0 Å². The summed E-state index contributed by atoms with van der Waals surface area (Å²) in [6, 6.07) is 13.0. The van der Waals surface area contributed by atoms with E-state index in [4.69, 9.17) is 4.74 Å². The first-order chi connectivity index (χ1) is 17.4. The molecule has 2 aliphatic rings. The predicted molar refractivity (Wildman–Crippen MR) is 144 cm³/mol. The van der Waals surface area contributed by atoms with E-state index in [0.29, 0.717) is 23.7 Å². The van der Waals surface area contributed by atoms with Gasteiger partial charge in [0.25, 0.3) is 5.91 Å². The molecule has 36 heavy (non-hydrogen) atoms. The van der Waals surface area contributed by atoms with E-state index in [2.05, 4.69) is 78.9 Å². The standard InChI is InChI=1S/C27H27BrN6O2/c1-27(10-5-19(28)6-11-27)33-26-32-22-15-20(3-4-24(22)34(26)2)36-21-9-14-30-23(16-21)25(35)31-17-18-7-12-29-13-8-18/h3-10,12-16,26,32-33H,11,17H2,1-2H3,(H,31,35). The number of halogens is 1. The van der Waals surface area contributed by atoms with Gasteiger partial charge in [0.05, 0.1) is 11.4 Å². The fourth-order valence-corrected chi connectivity index (χ4v) is 4.45. The smallest absolute Gasteiger partial charge is 0.270 e. The van der Waals surface area contributed by atoms with E-state index in [9.17, 15) is 4.79 Å². The number of amides is 1. The summed E-state index contributed by atoms with van der Waals surface area (Å²) in [4.78, 5) is 22.9. The highest BCUT2D eigenvalue weighted by Crippen LogP contribution is 2.38. The van der Waals surface area contributed by atoms with Gasteiger partial charge >= 0.3 is 0 Å². The van der Waals surface area contributed by atoms with Crippen LogP contribution < -0.4 is 25.6 Å². The summed E-state index contributed by atoms with van der Waals surface area (Å²) in [5, 5.41) is 10.1. The monoisotopic (exact) mass is 546 g/mol. The Kier molecular flexibility index (Phi) is 6.75. The SMILES string of the molecule is CN1c2ccc(Oc3ccnc(C(=O)NCc4ccncc4)c3)cc2NC1NC1(C)C=CC(Br)=CC1. The molecule has 8 nitrogen and oxygen atoms in total. The van der Waals surface area contributed by atoms with Crippen molar-refractivity contribution in [3.8, 4) is 11.5 Å². The second-order valence-electron chi connectivity index (χ2n) is 9.04. The Labute approximate surface area is 218 Å². The maximum absolute atomic E-state index is 12.6. The molecule has 3 aromatic rings.